The number of rotatable bonds is 6. The van der Waals surface area contributed by atoms with Gasteiger partial charge in [0.2, 0.25) is 5.91 Å². The molecule has 0 spiro atoms. The third-order valence-electron chi connectivity index (χ3n) is 6.18. The Morgan fingerprint density at radius 1 is 0.906 bits per heavy atom. The molecule has 0 saturated heterocycles. The third-order valence-corrected chi connectivity index (χ3v) is 7.80. The topological polar surface area (TPSA) is 75.3 Å². The van der Waals surface area contributed by atoms with Gasteiger partial charge in [-0.05, 0) is 79.8 Å². The zero-order valence-electron chi connectivity index (χ0n) is 18.0. The third kappa shape index (κ3) is 4.25. The van der Waals surface area contributed by atoms with Crippen LogP contribution in [0.15, 0.2) is 71.6 Å². The first kappa shape index (κ1) is 22.4. The van der Waals surface area contributed by atoms with E-state index in [4.69, 9.17) is 11.6 Å². The van der Waals surface area contributed by atoms with Crippen molar-refractivity contribution in [2.45, 2.75) is 43.4 Å². The maximum Gasteiger partial charge on any atom is 0.261 e. The summed E-state index contributed by atoms with van der Waals surface area (Å²) in [6.07, 6.45) is 2.52. The number of nitrogens with one attached hydrogen (secondary N) is 2. The number of para-hydroxylation sites is 1. The number of sulfonamides is 1. The molecule has 0 aliphatic heterocycles. The van der Waals surface area contributed by atoms with Gasteiger partial charge in [-0.1, -0.05) is 48.4 Å². The van der Waals surface area contributed by atoms with Gasteiger partial charge in [0, 0.05) is 10.7 Å². The Bertz CT molecular complexity index is 1230. The first-order valence-electron chi connectivity index (χ1n) is 10.5. The van der Waals surface area contributed by atoms with E-state index in [2.05, 4.69) is 10.0 Å². The van der Waals surface area contributed by atoms with E-state index in [0.29, 0.717) is 16.4 Å². The van der Waals surface area contributed by atoms with Crippen molar-refractivity contribution in [1.29, 1.82) is 0 Å². The van der Waals surface area contributed by atoms with Crippen LogP contribution in [0.5, 0.6) is 0 Å². The van der Waals surface area contributed by atoms with Crippen LogP contribution in [0.3, 0.4) is 0 Å². The second-order valence-electron chi connectivity index (χ2n) is 8.29. The van der Waals surface area contributed by atoms with Gasteiger partial charge in [0.15, 0.2) is 0 Å². The van der Waals surface area contributed by atoms with E-state index in [-0.39, 0.29) is 10.8 Å². The van der Waals surface area contributed by atoms with E-state index in [1.165, 1.54) is 12.1 Å². The number of anilines is 2. The van der Waals surface area contributed by atoms with Gasteiger partial charge in [-0.3, -0.25) is 9.52 Å². The summed E-state index contributed by atoms with van der Waals surface area (Å²) in [5.41, 5.74) is 3.22. The van der Waals surface area contributed by atoms with Gasteiger partial charge in [-0.15, -0.1) is 0 Å². The maximum atomic E-state index is 13.1. The smallest absolute Gasteiger partial charge is 0.261 e. The highest BCUT2D eigenvalue weighted by Gasteiger charge is 2.45. The molecule has 3 aromatic carbocycles. The van der Waals surface area contributed by atoms with E-state index in [1.54, 1.807) is 24.3 Å². The number of carbonyl (C=O) groups excluding carboxylic acids is 1. The zero-order valence-corrected chi connectivity index (χ0v) is 19.6. The highest BCUT2D eigenvalue weighted by molar-refractivity contribution is 7.92. The minimum atomic E-state index is -3.75. The number of aryl methyl sites for hydroxylation is 2. The molecule has 2 N–H and O–H groups in total. The second-order valence-corrected chi connectivity index (χ2v) is 10.4. The number of hydrogen-bond donors (Lipinski definition) is 2. The van der Waals surface area contributed by atoms with Crippen LogP contribution in [0.25, 0.3) is 0 Å². The fraction of sp³-hybridized carbons (Fsp3) is 0.240. The average Bonchev–Trinajstić information content (AvgIpc) is 2.72. The van der Waals surface area contributed by atoms with E-state index in [9.17, 15) is 13.2 Å². The molecule has 0 heterocycles. The Kier molecular flexibility index (Phi) is 6.01. The second kappa shape index (κ2) is 8.60. The lowest BCUT2D eigenvalue weighted by Gasteiger charge is -2.40. The molecule has 0 bridgehead atoms. The molecule has 0 radical (unpaired) electrons. The molecular formula is C25H25ClN2O3S. The summed E-state index contributed by atoms with van der Waals surface area (Å²) in [5.74, 6) is -0.0876. The van der Waals surface area contributed by atoms with E-state index in [0.717, 1.165) is 36.0 Å². The number of hydrogen-bond acceptors (Lipinski definition) is 3. The summed E-state index contributed by atoms with van der Waals surface area (Å²) < 4.78 is 28.4. The molecule has 7 heteroatoms. The quantitative estimate of drug-likeness (QED) is 0.478. The minimum absolute atomic E-state index is 0.0876. The predicted molar refractivity (Wildman–Crippen MR) is 129 cm³/mol. The molecule has 4 rings (SSSR count). The molecule has 32 heavy (non-hydrogen) atoms. The molecular weight excluding hydrogens is 444 g/mol. The van der Waals surface area contributed by atoms with Crippen LogP contribution in [-0.4, -0.2) is 14.3 Å². The van der Waals surface area contributed by atoms with Crippen LogP contribution in [-0.2, 0) is 20.2 Å². The largest absolute Gasteiger partial charge is 0.325 e. The van der Waals surface area contributed by atoms with Crippen molar-refractivity contribution < 1.29 is 13.2 Å². The summed E-state index contributed by atoms with van der Waals surface area (Å²) in [4.78, 5) is 13.3. The predicted octanol–water partition coefficient (Wildman–Crippen LogP) is 5.82. The molecule has 5 nitrogen and oxygen atoms in total. The van der Waals surface area contributed by atoms with Crippen LogP contribution in [0, 0.1) is 13.8 Å². The first-order valence-corrected chi connectivity index (χ1v) is 12.3. The maximum absolute atomic E-state index is 13.1. The molecule has 1 saturated carbocycles. The van der Waals surface area contributed by atoms with Crippen molar-refractivity contribution in [2.75, 3.05) is 10.0 Å². The van der Waals surface area contributed by atoms with E-state index >= 15 is 0 Å². The zero-order chi connectivity index (χ0) is 22.9. The monoisotopic (exact) mass is 468 g/mol. The SMILES string of the molecule is Cc1cccc(C)c1NS(=O)(=O)c1ccc(NC(=O)C2(c3ccc(Cl)cc3)CCC2)cc1. The van der Waals surface area contributed by atoms with Crippen LogP contribution in [0.4, 0.5) is 11.4 Å². The molecule has 0 aromatic heterocycles. The molecule has 166 valence electrons. The summed E-state index contributed by atoms with van der Waals surface area (Å²) in [6, 6.07) is 19.2. The summed E-state index contributed by atoms with van der Waals surface area (Å²) in [5, 5.41) is 3.59. The van der Waals surface area contributed by atoms with Crippen molar-refractivity contribution in [1.82, 2.24) is 0 Å². The van der Waals surface area contributed by atoms with Gasteiger partial charge >= 0.3 is 0 Å². The Morgan fingerprint density at radius 2 is 1.50 bits per heavy atom. The van der Waals surface area contributed by atoms with Crippen molar-refractivity contribution >= 4 is 38.9 Å². The highest BCUT2D eigenvalue weighted by Crippen LogP contribution is 2.45. The van der Waals surface area contributed by atoms with Crippen LogP contribution >= 0.6 is 11.6 Å². The molecule has 1 aliphatic rings. The molecule has 0 atom stereocenters. The molecule has 1 aliphatic carbocycles. The van der Waals surface area contributed by atoms with Gasteiger partial charge in [0.25, 0.3) is 10.0 Å². The lowest BCUT2D eigenvalue weighted by molar-refractivity contribution is -0.124. The van der Waals surface area contributed by atoms with E-state index in [1.807, 2.05) is 44.2 Å². The van der Waals surface area contributed by atoms with Crippen molar-refractivity contribution in [3.05, 3.63) is 88.4 Å². The number of halogens is 1. The molecule has 3 aromatic rings. The standard InChI is InChI=1S/C25H25ClN2O3S/c1-17-5-3-6-18(2)23(17)28-32(30,31)22-13-11-21(12-14-22)27-24(29)25(15-4-16-25)19-7-9-20(26)10-8-19/h3,5-14,28H,4,15-16H2,1-2H3,(H,27,29). The Morgan fingerprint density at radius 3 is 2.03 bits per heavy atom. The van der Waals surface area contributed by atoms with Gasteiger partial charge in [-0.2, -0.15) is 0 Å². The molecule has 1 fully saturated rings. The van der Waals surface area contributed by atoms with Crippen LogP contribution in [0.2, 0.25) is 5.02 Å². The fourth-order valence-electron chi connectivity index (χ4n) is 4.08. The Balaban J connectivity index is 1.51. The highest BCUT2D eigenvalue weighted by atomic mass is 35.5. The van der Waals surface area contributed by atoms with Gasteiger partial charge in [0.05, 0.1) is 16.0 Å². The average molecular weight is 469 g/mol. The number of amides is 1. The molecule has 0 unspecified atom stereocenters. The van der Waals surface area contributed by atoms with Gasteiger partial charge < -0.3 is 5.32 Å². The van der Waals surface area contributed by atoms with Crippen LogP contribution < -0.4 is 10.0 Å². The normalized spacial score (nSPS) is 15.0. The Labute approximate surface area is 193 Å². The fourth-order valence-corrected chi connectivity index (χ4v) is 5.41. The molecule has 1 amide bonds. The van der Waals surface area contributed by atoms with Crippen LogP contribution in [0.1, 0.15) is 36.0 Å². The lowest BCUT2D eigenvalue weighted by atomic mass is 9.64. The van der Waals surface area contributed by atoms with E-state index < -0.39 is 15.4 Å². The Hall–Kier alpha value is -2.83. The minimum Gasteiger partial charge on any atom is -0.325 e. The number of benzene rings is 3. The van der Waals surface area contributed by atoms with Crippen molar-refractivity contribution in [3.63, 3.8) is 0 Å². The number of carbonyl (C=O) groups is 1. The summed E-state index contributed by atoms with van der Waals surface area (Å²) in [6.45, 7) is 3.72. The van der Waals surface area contributed by atoms with Crippen molar-refractivity contribution in [2.24, 2.45) is 0 Å². The van der Waals surface area contributed by atoms with Crippen molar-refractivity contribution in [3.8, 4) is 0 Å². The first-order chi connectivity index (χ1) is 15.2. The van der Waals surface area contributed by atoms with Gasteiger partial charge in [0.1, 0.15) is 0 Å². The lowest BCUT2D eigenvalue weighted by Crippen LogP contribution is -2.46. The summed E-state index contributed by atoms with van der Waals surface area (Å²) in [7, 11) is -3.75. The van der Waals surface area contributed by atoms with Gasteiger partial charge in [-0.25, -0.2) is 8.42 Å². The summed E-state index contributed by atoms with van der Waals surface area (Å²) >= 11 is 6.00.